The third-order valence-corrected chi connectivity index (χ3v) is 6.77. The molecule has 204 valence electrons. The van der Waals surface area contributed by atoms with Gasteiger partial charge in [0.05, 0.1) is 19.1 Å². The molecule has 2 atom stereocenters. The first-order valence-electron chi connectivity index (χ1n) is 13.3. The van der Waals surface area contributed by atoms with Crippen molar-refractivity contribution in [2.24, 2.45) is 5.73 Å². The van der Waals surface area contributed by atoms with Crippen LogP contribution in [-0.2, 0) is 14.4 Å². The Hall–Kier alpha value is -1.59. The fourth-order valence-electron chi connectivity index (χ4n) is 4.50. The van der Waals surface area contributed by atoms with Crippen LogP contribution in [0.4, 0.5) is 0 Å². The van der Waals surface area contributed by atoms with Gasteiger partial charge in [0.1, 0.15) is 0 Å². The third-order valence-electron chi connectivity index (χ3n) is 6.77. The van der Waals surface area contributed by atoms with E-state index >= 15 is 0 Å². The lowest BCUT2D eigenvalue weighted by atomic mass is 10.0. The van der Waals surface area contributed by atoms with Gasteiger partial charge in [0.2, 0.25) is 17.7 Å². The summed E-state index contributed by atoms with van der Waals surface area (Å²) in [7, 11) is 6.05. The Morgan fingerprint density at radius 1 is 1.06 bits per heavy atom. The predicted octanol–water partition coefficient (Wildman–Crippen LogP) is -0.0673. The molecule has 0 aromatic heterocycles. The largest absolute Gasteiger partial charge is 0.332 e. The Balaban J connectivity index is 2.48. The van der Waals surface area contributed by atoms with Crippen LogP contribution in [0.2, 0.25) is 0 Å². The van der Waals surface area contributed by atoms with Crippen molar-refractivity contribution in [2.45, 2.75) is 64.5 Å². The van der Waals surface area contributed by atoms with Crippen molar-refractivity contribution >= 4 is 17.7 Å². The van der Waals surface area contributed by atoms with Crippen molar-refractivity contribution in [3.63, 3.8) is 0 Å². The van der Waals surface area contributed by atoms with Crippen LogP contribution < -0.4 is 16.4 Å². The molecular formula is C25H51N7O3. The first kappa shape index (κ1) is 31.4. The van der Waals surface area contributed by atoms with Crippen molar-refractivity contribution < 1.29 is 14.4 Å². The highest BCUT2D eigenvalue weighted by molar-refractivity contribution is 5.98. The maximum atomic E-state index is 13.1. The van der Waals surface area contributed by atoms with Crippen LogP contribution in [0.15, 0.2) is 0 Å². The second kappa shape index (κ2) is 17.8. The zero-order valence-corrected chi connectivity index (χ0v) is 22.9. The maximum Gasteiger partial charge on any atom is 0.246 e. The molecule has 1 aliphatic heterocycles. The van der Waals surface area contributed by atoms with Gasteiger partial charge in [-0.2, -0.15) is 0 Å². The molecule has 0 bridgehead atoms. The van der Waals surface area contributed by atoms with E-state index in [0.29, 0.717) is 25.6 Å². The van der Waals surface area contributed by atoms with Crippen LogP contribution in [-0.4, -0.2) is 129 Å². The van der Waals surface area contributed by atoms with E-state index in [1.54, 1.807) is 0 Å². The highest BCUT2D eigenvalue weighted by Gasteiger charge is 2.26. The Morgan fingerprint density at radius 3 is 2.37 bits per heavy atom. The molecule has 1 rings (SSSR count). The summed E-state index contributed by atoms with van der Waals surface area (Å²) in [5.41, 5.74) is 6.25. The van der Waals surface area contributed by atoms with Gasteiger partial charge in [-0.3, -0.25) is 19.7 Å². The first-order chi connectivity index (χ1) is 16.7. The average molecular weight is 498 g/mol. The summed E-state index contributed by atoms with van der Waals surface area (Å²) in [5, 5.41) is 5.49. The van der Waals surface area contributed by atoms with Crippen LogP contribution in [0.5, 0.6) is 0 Å². The molecule has 35 heavy (non-hydrogen) atoms. The zero-order valence-electron chi connectivity index (χ0n) is 22.9. The number of carbonyl (C=O) groups excluding carboxylic acids is 3. The van der Waals surface area contributed by atoms with E-state index in [2.05, 4.69) is 41.3 Å². The second-order valence-corrected chi connectivity index (χ2v) is 9.91. The van der Waals surface area contributed by atoms with Crippen molar-refractivity contribution in [2.75, 3.05) is 80.0 Å². The summed E-state index contributed by atoms with van der Waals surface area (Å²) >= 11 is 0. The summed E-state index contributed by atoms with van der Waals surface area (Å²) in [6.07, 6.45) is 5.45. The molecule has 0 aliphatic carbocycles. The Morgan fingerprint density at radius 2 is 1.77 bits per heavy atom. The molecule has 0 radical (unpaired) electrons. The Labute approximate surface area is 212 Å². The minimum absolute atomic E-state index is 0.0764. The van der Waals surface area contributed by atoms with Crippen LogP contribution in [0.25, 0.3) is 0 Å². The molecular weight excluding hydrogens is 446 g/mol. The first-order valence-corrected chi connectivity index (χ1v) is 13.3. The van der Waals surface area contributed by atoms with E-state index < -0.39 is 11.9 Å². The summed E-state index contributed by atoms with van der Waals surface area (Å²) in [6, 6.07) is -0.171. The lowest BCUT2D eigenvalue weighted by Gasteiger charge is -2.27. The minimum atomic E-state index is -0.640. The van der Waals surface area contributed by atoms with Gasteiger partial charge >= 0.3 is 0 Å². The molecule has 0 saturated carbocycles. The van der Waals surface area contributed by atoms with Crippen LogP contribution in [0.1, 0.15) is 52.4 Å². The number of rotatable bonds is 18. The number of nitrogens with zero attached hydrogens (tertiary/aromatic N) is 4. The van der Waals surface area contributed by atoms with E-state index in [4.69, 9.17) is 5.73 Å². The molecule has 0 aromatic carbocycles. The van der Waals surface area contributed by atoms with Gasteiger partial charge in [-0.1, -0.05) is 13.8 Å². The van der Waals surface area contributed by atoms with Crippen molar-refractivity contribution in [1.29, 1.82) is 0 Å². The molecule has 1 aliphatic rings. The number of hydrogen-bond donors (Lipinski definition) is 3. The number of nitrogens with two attached hydrogens (primary N) is 1. The maximum absolute atomic E-state index is 13.1. The number of imide groups is 1. The van der Waals surface area contributed by atoms with E-state index in [9.17, 15) is 14.4 Å². The number of hydrogen-bond acceptors (Lipinski definition) is 8. The highest BCUT2D eigenvalue weighted by Crippen LogP contribution is 2.20. The molecule has 1 heterocycles. The molecule has 1 saturated heterocycles. The molecule has 10 nitrogen and oxygen atoms in total. The van der Waals surface area contributed by atoms with Crippen molar-refractivity contribution in [1.82, 2.24) is 30.2 Å². The van der Waals surface area contributed by atoms with Gasteiger partial charge in [0.15, 0.2) is 0 Å². The van der Waals surface area contributed by atoms with Gasteiger partial charge in [0.25, 0.3) is 0 Å². The molecule has 10 heteroatoms. The van der Waals surface area contributed by atoms with Crippen LogP contribution in [0.3, 0.4) is 0 Å². The summed E-state index contributed by atoms with van der Waals surface area (Å²) in [4.78, 5) is 46.0. The molecule has 4 N–H and O–H groups in total. The smallest absolute Gasteiger partial charge is 0.246 e. The van der Waals surface area contributed by atoms with Gasteiger partial charge in [-0.25, -0.2) is 0 Å². The number of carbonyl (C=O) groups is 3. The standard InChI is InChI=1S/C25H51N7O3/c1-6-31(7-2)17-9-14-27-19-23(33)28-24(34)20-32(18-10-15-29(3)4)25(35)22(26)13-12-21-11-8-16-30(21)5/h21-22,27H,6-20,26H2,1-5H3,(H,28,33,34)/t21-,22-/m0/s1. The summed E-state index contributed by atoms with van der Waals surface area (Å²) in [5.74, 6) is -1.07. The summed E-state index contributed by atoms with van der Waals surface area (Å²) in [6.45, 7) is 10.2. The van der Waals surface area contributed by atoms with Crippen molar-refractivity contribution in [3.8, 4) is 0 Å². The predicted molar refractivity (Wildman–Crippen MR) is 141 cm³/mol. The zero-order chi connectivity index (χ0) is 26.2. The molecule has 1 fully saturated rings. The molecule has 0 unspecified atom stereocenters. The quantitative estimate of drug-likeness (QED) is 0.226. The van der Waals surface area contributed by atoms with Crippen molar-refractivity contribution in [3.05, 3.63) is 0 Å². The van der Waals surface area contributed by atoms with Crippen LogP contribution in [0, 0.1) is 0 Å². The number of likely N-dealkylation sites (tertiary alicyclic amines) is 1. The lowest BCUT2D eigenvalue weighted by Crippen LogP contribution is -2.50. The molecule has 0 spiro atoms. The van der Waals surface area contributed by atoms with Crippen LogP contribution >= 0.6 is 0 Å². The molecule has 0 aromatic rings. The van der Waals surface area contributed by atoms with Gasteiger partial charge in [-0.15, -0.1) is 0 Å². The van der Waals surface area contributed by atoms with Gasteiger partial charge in [0, 0.05) is 12.6 Å². The normalized spacial score (nSPS) is 17.2. The summed E-state index contributed by atoms with van der Waals surface area (Å²) < 4.78 is 0. The monoisotopic (exact) mass is 497 g/mol. The van der Waals surface area contributed by atoms with Gasteiger partial charge < -0.3 is 30.7 Å². The molecule has 3 amide bonds. The number of nitrogens with one attached hydrogen (secondary N) is 2. The number of amides is 3. The second-order valence-electron chi connectivity index (χ2n) is 9.91. The van der Waals surface area contributed by atoms with E-state index in [1.165, 1.54) is 11.3 Å². The Bertz CT molecular complexity index is 628. The topological polar surface area (TPSA) is 114 Å². The fraction of sp³-hybridized carbons (Fsp3) is 0.880. The van der Waals surface area contributed by atoms with E-state index in [1.807, 2.05) is 19.0 Å². The Kier molecular flexibility index (Phi) is 16.0. The highest BCUT2D eigenvalue weighted by atomic mass is 16.2. The minimum Gasteiger partial charge on any atom is -0.332 e. The van der Waals surface area contributed by atoms with E-state index in [-0.39, 0.29) is 24.9 Å². The SMILES string of the molecule is CCN(CC)CCCNCC(=O)NC(=O)CN(CCCN(C)C)C(=O)[C@@H](N)CC[C@@H]1CCCN1C. The van der Waals surface area contributed by atoms with Gasteiger partial charge in [-0.05, 0) is 98.9 Å². The van der Waals surface area contributed by atoms with E-state index in [0.717, 1.165) is 58.4 Å². The lowest BCUT2D eigenvalue weighted by molar-refractivity contribution is -0.139. The fourth-order valence-corrected chi connectivity index (χ4v) is 4.50. The third kappa shape index (κ3) is 13.3. The average Bonchev–Trinajstić information content (AvgIpc) is 3.22.